The van der Waals surface area contributed by atoms with Gasteiger partial charge < -0.3 is 30.2 Å². The van der Waals surface area contributed by atoms with Gasteiger partial charge in [-0.1, -0.05) is 55.8 Å². The van der Waals surface area contributed by atoms with Crippen molar-refractivity contribution in [3.63, 3.8) is 0 Å². The van der Waals surface area contributed by atoms with Gasteiger partial charge in [-0.2, -0.15) is 0 Å². The van der Waals surface area contributed by atoms with Crippen molar-refractivity contribution in [1.29, 1.82) is 0 Å². The lowest BCUT2D eigenvalue weighted by Crippen LogP contribution is -2.63. The van der Waals surface area contributed by atoms with Crippen molar-refractivity contribution in [2.75, 3.05) is 6.61 Å². The zero-order valence-corrected chi connectivity index (χ0v) is 26.5. The predicted molar refractivity (Wildman–Crippen MR) is 167 cm³/mol. The van der Waals surface area contributed by atoms with Gasteiger partial charge in [0.05, 0.1) is 17.8 Å². The number of hydrogen-bond donors (Lipinski definition) is 3. The van der Waals surface area contributed by atoms with Gasteiger partial charge in [0, 0.05) is 23.3 Å². The number of allylic oxidation sites excluding steroid dienone is 4. The van der Waals surface area contributed by atoms with E-state index in [4.69, 9.17) is 19.9 Å². The van der Waals surface area contributed by atoms with E-state index in [1.165, 1.54) is 0 Å². The third kappa shape index (κ3) is 4.43. The number of fused-ring (bicyclic) bond motifs is 7. The Morgan fingerprint density at radius 1 is 1.20 bits per heavy atom. The maximum absolute atomic E-state index is 16.2. The van der Waals surface area contributed by atoms with Crippen LogP contribution in [0.4, 0.5) is 4.39 Å². The van der Waals surface area contributed by atoms with Crippen LogP contribution in [0.25, 0.3) is 0 Å². The molecule has 8 nitrogen and oxygen atoms in total. The molecule has 9 atom stereocenters. The van der Waals surface area contributed by atoms with Crippen molar-refractivity contribution in [2.24, 2.45) is 34.3 Å². The molecule has 1 saturated heterocycles. The van der Waals surface area contributed by atoms with Crippen molar-refractivity contribution in [2.45, 2.75) is 83.7 Å². The Hall–Kier alpha value is -3.21. The third-order valence-electron chi connectivity index (χ3n) is 12.0. The fourth-order valence-electron chi connectivity index (χ4n) is 9.89. The van der Waals surface area contributed by atoms with E-state index < -0.39 is 53.1 Å². The molecule has 4 fully saturated rings. The Bertz CT molecular complexity index is 1650. The highest BCUT2D eigenvalue weighted by atomic mass is 19.1. The monoisotopic (exact) mass is 631 g/mol. The highest BCUT2D eigenvalue weighted by Gasteiger charge is 2.76. The van der Waals surface area contributed by atoms with Crippen LogP contribution in [-0.4, -0.2) is 46.2 Å². The lowest BCUT2D eigenvalue weighted by molar-refractivity contribution is -0.201. The molecule has 1 heterocycles. The molecule has 2 aromatic carbocycles. The minimum Gasteiger partial charge on any atom is -0.486 e. The summed E-state index contributed by atoms with van der Waals surface area (Å²) in [6.45, 7) is 5.56. The second-order valence-electron chi connectivity index (χ2n) is 14.3. The van der Waals surface area contributed by atoms with E-state index in [1.54, 1.807) is 31.2 Å². The molecule has 3 saturated carbocycles. The highest BCUT2D eigenvalue weighted by Crippen LogP contribution is 2.70. The summed E-state index contributed by atoms with van der Waals surface area (Å²) in [6, 6.07) is 10.9. The number of ether oxygens (including phenoxy) is 3. The number of hydrogen-bond acceptors (Lipinski definition) is 8. The number of nitrogens with two attached hydrogens (primary N) is 1. The normalized spacial score (nSPS) is 37.6. The van der Waals surface area contributed by atoms with E-state index in [0.717, 1.165) is 29.5 Å². The maximum Gasteiger partial charge on any atom is 0.193 e. The number of aliphatic hydroxyl groups is 2. The van der Waals surface area contributed by atoms with Crippen LogP contribution in [-0.2, 0) is 32.2 Å². The van der Waals surface area contributed by atoms with Crippen LogP contribution < -0.4 is 10.5 Å². The Kier molecular flexibility index (Phi) is 7.64. The Morgan fingerprint density at radius 3 is 2.74 bits per heavy atom. The number of aliphatic hydroxyl groups excluding tert-OH is 2. The molecular formula is C37H42FNO7. The van der Waals surface area contributed by atoms with E-state index in [9.17, 15) is 19.8 Å². The summed E-state index contributed by atoms with van der Waals surface area (Å²) in [7, 11) is 0. The molecule has 46 heavy (non-hydrogen) atoms. The zero-order chi connectivity index (χ0) is 32.6. The number of halogens is 1. The van der Waals surface area contributed by atoms with Crippen molar-refractivity contribution >= 4 is 11.6 Å². The van der Waals surface area contributed by atoms with Gasteiger partial charge in [-0.3, -0.25) is 9.59 Å². The molecule has 0 spiro atoms. The van der Waals surface area contributed by atoms with Gasteiger partial charge in [-0.25, -0.2) is 4.39 Å². The Labute approximate surface area is 268 Å². The van der Waals surface area contributed by atoms with Gasteiger partial charge in [-0.15, -0.1) is 0 Å². The zero-order valence-electron chi connectivity index (χ0n) is 26.5. The average Bonchev–Trinajstić information content (AvgIpc) is 3.53. The number of carbonyl (C=O) groups is 2. The molecule has 2 aromatic rings. The number of benzene rings is 2. The smallest absolute Gasteiger partial charge is 0.193 e. The number of Topliss-reactive ketones (excluding diaryl/α,β-unsaturated/α-hetero) is 1. The van der Waals surface area contributed by atoms with E-state index >= 15 is 4.39 Å². The van der Waals surface area contributed by atoms with E-state index in [0.29, 0.717) is 18.5 Å². The molecule has 0 unspecified atom stereocenters. The highest BCUT2D eigenvalue weighted by molar-refractivity contribution is 6.01. The Balaban J connectivity index is 1.20. The fourth-order valence-corrected chi connectivity index (χ4v) is 9.89. The summed E-state index contributed by atoms with van der Waals surface area (Å²) >= 11 is 0. The van der Waals surface area contributed by atoms with Crippen LogP contribution >= 0.6 is 0 Å². The molecule has 0 bridgehead atoms. The lowest BCUT2D eigenvalue weighted by atomic mass is 9.46. The van der Waals surface area contributed by atoms with Crippen molar-refractivity contribution < 1.29 is 38.4 Å². The maximum atomic E-state index is 16.2. The predicted octanol–water partition coefficient (Wildman–Crippen LogP) is 4.77. The SMILES string of the molecule is Cc1ccc(OCc2cccc(CN)c2)c(F)c1[C@@H]1O[C@@H]2C[C@H]3[C@@H]4CCC5=CC(=O)C=C[C@]5(C)[C@H]4[C@@H](O)C[C@]3(C)[C@]2(C(=O)CO)O1. The van der Waals surface area contributed by atoms with E-state index in [-0.39, 0.29) is 47.9 Å². The van der Waals surface area contributed by atoms with Crippen molar-refractivity contribution in [1.82, 2.24) is 0 Å². The summed E-state index contributed by atoms with van der Waals surface area (Å²) in [5.74, 6) is -1.33. The first kappa shape index (κ1) is 31.4. The summed E-state index contributed by atoms with van der Waals surface area (Å²) in [5.41, 5.74) is 6.40. The molecule has 0 radical (unpaired) electrons. The standard InChI is InChI=1S/C37H42FNO7/c1-20-7-10-28(44-19-22-6-4-5-21(13-22)17-39)33(38)31(20)34-45-30-15-26-25-9-8-23-14-24(41)11-12-35(23,2)32(25)27(42)16-36(26,3)37(30,46-34)29(43)18-40/h4-7,10-14,25-27,30,32,34,40,42H,8-9,15-19,39H2,1-3H3/t25-,26-,27-,30+,32+,34+,35-,36-,37+/m0/s1. The van der Waals surface area contributed by atoms with Gasteiger partial charge in [0.2, 0.25) is 0 Å². The fraction of sp³-hybridized carbons (Fsp3) is 0.514. The van der Waals surface area contributed by atoms with Crippen LogP contribution in [0, 0.1) is 41.3 Å². The van der Waals surface area contributed by atoms with Gasteiger partial charge >= 0.3 is 0 Å². The van der Waals surface area contributed by atoms with Crippen LogP contribution in [0.15, 0.2) is 60.2 Å². The number of carbonyl (C=O) groups excluding carboxylic acids is 2. The second-order valence-corrected chi connectivity index (χ2v) is 14.3. The molecule has 0 amide bonds. The van der Waals surface area contributed by atoms with Crippen LogP contribution in [0.5, 0.6) is 5.75 Å². The summed E-state index contributed by atoms with van der Waals surface area (Å²) in [6.07, 6.45) is 4.69. The summed E-state index contributed by atoms with van der Waals surface area (Å²) < 4.78 is 35.3. The first-order valence-electron chi connectivity index (χ1n) is 16.3. The van der Waals surface area contributed by atoms with Crippen LogP contribution in [0.2, 0.25) is 0 Å². The van der Waals surface area contributed by atoms with Crippen molar-refractivity contribution in [3.8, 4) is 5.75 Å². The molecule has 0 aromatic heterocycles. The van der Waals surface area contributed by atoms with Gasteiger partial charge in [0.1, 0.15) is 13.2 Å². The third-order valence-corrected chi connectivity index (χ3v) is 12.0. The number of ketones is 2. The average molecular weight is 632 g/mol. The second kappa shape index (κ2) is 11.2. The molecule has 7 rings (SSSR count). The quantitative estimate of drug-likeness (QED) is 0.399. The summed E-state index contributed by atoms with van der Waals surface area (Å²) in [4.78, 5) is 26.1. The molecule has 244 valence electrons. The van der Waals surface area contributed by atoms with Gasteiger partial charge in [0.15, 0.2) is 35.0 Å². The molecule has 4 N–H and O–H groups in total. The largest absolute Gasteiger partial charge is 0.486 e. The van der Waals surface area contributed by atoms with Crippen molar-refractivity contribution in [3.05, 3.63) is 88.3 Å². The minimum absolute atomic E-state index is 0.0290. The molecule has 1 aliphatic heterocycles. The number of aryl methyl sites for hydroxylation is 1. The first-order valence-corrected chi connectivity index (χ1v) is 16.3. The lowest BCUT2D eigenvalue weighted by Gasteiger charge is -2.59. The van der Waals surface area contributed by atoms with Gasteiger partial charge in [0.25, 0.3) is 0 Å². The topological polar surface area (TPSA) is 128 Å². The molecule has 4 aliphatic carbocycles. The van der Waals surface area contributed by atoms with E-state index in [2.05, 4.69) is 6.92 Å². The molecule has 9 heteroatoms. The van der Waals surface area contributed by atoms with Gasteiger partial charge in [-0.05, 0) is 79.4 Å². The minimum atomic E-state index is -1.57. The first-order chi connectivity index (χ1) is 22.0. The van der Waals surface area contributed by atoms with Crippen LogP contribution in [0.3, 0.4) is 0 Å². The van der Waals surface area contributed by atoms with Crippen LogP contribution in [0.1, 0.15) is 68.1 Å². The summed E-state index contributed by atoms with van der Waals surface area (Å²) in [5, 5.41) is 22.2. The van der Waals surface area contributed by atoms with E-state index in [1.807, 2.05) is 37.3 Å². The number of rotatable bonds is 7. The Morgan fingerprint density at radius 2 is 1.98 bits per heavy atom. The molecular weight excluding hydrogens is 589 g/mol. The molecule has 5 aliphatic rings.